The van der Waals surface area contributed by atoms with Gasteiger partial charge in [-0.05, 0) is 61.8 Å². The first-order chi connectivity index (χ1) is 27.3. The summed E-state index contributed by atoms with van der Waals surface area (Å²) in [6.45, 7) is -8.95. The number of rotatable bonds is 16. The zero-order valence-corrected chi connectivity index (χ0v) is 51.1. The summed E-state index contributed by atoms with van der Waals surface area (Å²) in [6.07, 6.45) is -3.25. The molecule has 2 aliphatic carbocycles. The number of azo groups is 2. The summed E-state index contributed by atoms with van der Waals surface area (Å²) in [7, 11) is -11.7. The number of nitrogens with zero attached hydrogens (tertiary/aromatic N) is 8. The molecule has 328 valence electrons. The second-order valence-corrected chi connectivity index (χ2v) is 30.3. The Balaban J connectivity index is 0.00000341. The van der Waals surface area contributed by atoms with Crippen LogP contribution in [0, 0.1) is 23.7 Å². The second kappa shape index (κ2) is 24.5. The number of nitrogens with two attached hydrogens (primary N) is 2. The molecule has 6 rings (SSSR count). The number of alkyl halides is 2. The number of aromatic nitrogens is 4. The van der Waals surface area contributed by atoms with Gasteiger partial charge >= 0.3 is 137 Å². The van der Waals surface area contributed by atoms with Crippen molar-refractivity contribution in [1.29, 1.82) is 0 Å². The summed E-state index contributed by atoms with van der Waals surface area (Å²) in [5.74, 6) is -2.76. The first kappa shape index (κ1) is 62.7. The van der Waals surface area contributed by atoms with Gasteiger partial charge in [-0.1, -0.05) is 59.0 Å². The number of thioether (sulfide) groups is 2. The average Bonchev–Trinajstić information content (AvgIpc) is 3.90. The molecule has 0 bridgehead atoms. The number of hydrogen-bond acceptors (Lipinski definition) is 22. The monoisotopic (exact) mass is 1110 g/mol. The number of fused-ring (bicyclic) bond motifs is 2. The van der Waals surface area contributed by atoms with E-state index < -0.39 is 105 Å². The molecule has 2 fully saturated rings. The Bertz CT molecular complexity index is 2120. The molecule has 11 N–H and O–H groups in total. The van der Waals surface area contributed by atoms with Crippen LogP contribution in [0.2, 0.25) is 0 Å². The predicted molar refractivity (Wildman–Crippen MR) is 227 cm³/mol. The van der Waals surface area contributed by atoms with Gasteiger partial charge in [0.25, 0.3) is 6.57 Å². The van der Waals surface area contributed by atoms with Crippen LogP contribution < -0.4 is 130 Å². The van der Waals surface area contributed by atoms with Gasteiger partial charge in [0, 0.05) is 24.2 Å². The third-order valence-corrected chi connectivity index (χ3v) is 24.9. The van der Waals surface area contributed by atoms with E-state index in [0.29, 0.717) is 21.7 Å². The Morgan fingerprint density at radius 1 is 0.714 bits per heavy atom. The fourth-order valence-electron chi connectivity index (χ4n) is 7.54. The molecule has 0 radical (unpaired) electrons. The third kappa shape index (κ3) is 13.6. The van der Waals surface area contributed by atoms with Crippen molar-refractivity contribution < 1.29 is 176 Å². The van der Waals surface area contributed by atoms with Crippen molar-refractivity contribution in [3.63, 3.8) is 0 Å². The van der Waals surface area contributed by atoms with E-state index >= 15 is 0 Å². The molecule has 0 aromatic carbocycles. The minimum Gasteiger partial charge on any atom is -0.390 e. The van der Waals surface area contributed by atoms with Gasteiger partial charge < -0.3 is 46.6 Å². The van der Waals surface area contributed by atoms with E-state index in [4.69, 9.17) is 55.1 Å². The summed E-state index contributed by atoms with van der Waals surface area (Å²) >= 11 is 23.4. The van der Waals surface area contributed by atoms with Crippen molar-refractivity contribution in [1.82, 2.24) is 19.9 Å². The van der Waals surface area contributed by atoms with E-state index in [-0.39, 0.29) is 167 Å². The van der Waals surface area contributed by atoms with Crippen molar-refractivity contribution in [2.24, 2.45) is 44.1 Å². The molecule has 63 heavy (non-hydrogen) atoms. The normalized spacial score (nSPS) is 30.9. The molecule has 14 atom stereocenters. The predicted octanol–water partition coefficient (Wildman–Crippen LogP) is -6.72. The zero-order valence-electron chi connectivity index (χ0n) is 34.6. The smallest absolute Gasteiger partial charge is 0.390 e. The van der Waals surface area contributed by atoms with E-state index in [1.54, 1.807) is 12.5 Å². The Morgan fingerprint density at radius 3 is 1.49 bits per heavy atom. The minimum absolute atomic E-state index is 0. The van der Waals surface area contributed by atoms with E-state index in [0.717, 1.165) is 0 Å². The van der Waals surface area contributed by atoms with Crippen molar-refractivity contribution in [3.8, 4) is 0 Å². The fraction of sp³-hybridized carbons (Fsp3) is 0.704. The van der Waals surface area contributed by atoms with Gasteiger partial charge in [-0.25, -0.2) is 28.6 Å². The average molecular weight is 1110 g/mol. The number of thiol groups is 1. The number of anilines is 2. The van der Waals surface area contributed by atoms with Gasteiger partial charge in [0.2, 0.25) is 0 Å². The largest absolute Gasteiger partial charge is 1.00 e. The maximum absolute atomic E-state index is 13.4. The number of hydrogen-bond donors (Lipinski definition) is 10. The van der Waals surface area contributed by atoms with Crippen LogP contribution >= 0.6 is 87.2 Å². The summed E-state index contributed by atoms with van der Waals surface area (Å²) in [4.78, 5) is 49.6. The van der Waals surface area contributed by atoms with Gasteiger partial charge in [-0.3, -0.25) is 13.7 Å². The molecular formula is C27H40Cl2N10Na4O12P4S4+4. The number of halogens is 2. The molecule has 36 heteroatoms. The quantitative estimate of drug-likeness (QED) is 0.0187. The standard InChI is InChI=1S/C27H40Cl2N10O12P4S4.4Na/c1-58-25-32-15-13(36-38-17(15)23(30)34-25)11-7-9(19(40)21(11)42)3-5-52(44,56)50-54(46,47)27(28,29)55(48,49)51-53(45,57)6-4-10-8-12(22(43)20(10)41)14-16-18(39-37-14)24(31)35-26(33-16)59-2;;;;/h9-14,19-22,40-43H,3-8H2,1-2H3,(H,44,56)(H,45,57)(H,46,47)(H,48,49)(H2,30,32,34)(H2,31,33,35);;;;/q;4*+1/t9-,10-,11-,12-,13?,14?,19+,20+,21-,22-,52?,53?;;;;/m0..../s1. The van der Waals surface area contributed by atoms with Crippen molar-refractivity contribution in [2.75, 3.05) is 36.3 Å². The van der Waals surface area contributed by atoms with Crippen LogP contribution in [-0.2, 0) is 34.1 Å². The summed E-state index contributed by atoms with van der Waals surface area (Å²) in [6, 6.07) is -1.57. The molecule has 6 unspecified atom stereocenters. The van der Waals surface area contributed by atoms with Gasteiger partial charge in [0.15, 0.2) is 39.8 Å². The summed E-state index contributed by atoms with van der Waals surface area (Å²) in [5.41, 5.74) is 13.2. The molecule has 4 heterocycles. The third-order valence-electron chi connectivity index (χ3n) is 10.6. The molecule has 2 aromatic rings. The number of aliphatic hydroxyl groups excluding tert-OH is 4. The van der Waals surface area contributed by atoms with E-state index in [2.05, 4.69) is 52.6 Å². The second-order valence-electron chi connectivity index (χ2n) is 14.3. The van der Waals surface area contributed by atoms with Crippen molar-refractivity contribution in [3.05, 3.63) is 11.4 Å². The Hall–Kier alpha value is 3.57. The van der Waals surface area contributed by atoms with Crippen LogP contribution in [0.3, 0.4) is 0 Å². The molecule has 4 aliphatic rings. The maximum Gasteiger partial charge on any atom is 1.00 e. The van der Waals surface area contributed by atoms with E-state index in [9.17, 15) is 48.8 Å². The zero-order chi connectivity index (χ0) is 43.6. The molecule has 0 amide bonds. The van der Waals surface area contributed by atoms with Crippen LogP contribution in [0.15, 0.2) is 30.8 Å². The molecule has 0 spiro atoms. The summed E-state index contributed by atoms with van der Waals surface area (Å²) in [5, 5.41) is 60.8. The van der Waals surface area contributed by atoms with E-state index in [1.165, 1.54) is 23.5 Å². The molecule has 2 saturated carbocycles. The Morgan fingerprint density at radius 2 is 1.10 bits per heavy atom. The van der Waals surface area contributed by atoms with Crippen LogP contribution in [0.4, 0.5) is 23.0 Å². The number of aliphatic hydroxyl groups is 4. The first-order valence-electron chi connectivity index (χ1n) is 17.4. The molecule has 2 aromatic heterocycles. The van der Waals surface area contributed by atoms with Gasteiger partial charge in [0.05, 0.1) is 24.4 Å². The Kier molecular flexibility index (Phi) is 24.4. The molecule has 2 aliphatic heterocycles. The van der Waals surface area contributed by atoms with Crippen LogP contribution in [0.25, 0.3) is 0 Å². The maximum atomic E-state index is 13.4. The molecular weight excluding hydrogens is 1070 g/mol. The SMILES string of the molecule is CSc1nc(N)c2c(n1)C([C@@H]1C[C@H](CCP(=O)(S)OP(=O)(O)C(Cl)(Cl)P(=O)(O)OP(O)(=S)CC[C@H]3C[C@@H](C4N=Nc5c(N)nc(SC)nc54)[C@H](O)[C@@H]3O)[C@@H](O)[C@H]1O)N=N2.[Na+].[Na+].[Na+].[Na+]. The topological polar surface area (TPSA) is 364 Å². The fourth-order valence-corrected chi connectivity index (χ4v) is 19.2. The molecule has 22 nitrogen and oxygen atoms in total. The summed E-state index contributed by atoms with van der Waals surface area (Å²) < 4.78 is 46.2. The van der Waals surface area contributed by atoms with Gasteiger partial charge in [-0.2, -0.15) is 10.2 Å². The molecule has 0 saturated heterocycles. The number of nitrogen functional groups attached to an aromatic ring is 2. The van der Waals surface area contributed by atoms with Crippen LogP contribution in [-0.4, -0.2) is 108 Å². The first-order valence-corrected chi connectivity index (χ1v) is 29.6. The minimum atomic E-state index is -5.87. The van der Waals surface area contributed by atoms with Crippen molar-refractivity contribution >= 4 is 122 Å². The van der Waals surface area contributed by atoms with Crippen LogP contribution in [0.1, 0.15) is 49.2 Å². The van der Waals surface area contributed by atoms with Crippen LogP contribution in [0.5, 0.6) is 0 Å². The Labute approximate surface area is 479 Å². The van der Waals surface area contributed by atoms with Gasteiger partial charge in [-0.15, -0.1) is 10.2 Å². The van der Waals surface area contributed by atoms with Gasteiger partial charge in [0.1, 0.15) is 23.5 Å². The van der Waals surface area contributed by atoms with Crippen molar-refractivity contribution in [2.45, 2.75) is 76.3 Å². The van der Waals surface area contributed by atoms with E-state index in [1.807, 2.05) is 0 Å².